The zero-order valence-corrected chi connectivity index (χ0v) is 19.8. The molecule has 0 aliphatic carbocycles. The van der Waals surface area contributed by atoms with Crippen LogP contribution in [0.25, 0.3) is 17.3 Å². The highest BCUT2D eigenvalue weighted by Gasteiger charge is 2.25. The Morgan fingerprint density at radius 1 is 1.12 bits per heavy atom. The van der Waals surface area contributed by atoms with E-state index in [-0.39, 0.29) is 18.2 Å². The summed E-state index contributed by atoms with van der Waals surface area (Å²) in [7, 11) is -3.48. The van der Waals surface area contributed by atoms with Crippen LogP contribution in [0.15, 0.2) is 30.3 Å². The maximum Gasteiger partial charge on any atom is 0.305 e. The van der Waals surface area contributed by atoms with Crippen LogP contribution in [0.2, 0.25) is 0 Å². The van der Waals surface area contributed by atoms with Crippen molar-refractivity contribution in [2.45, 2.75) is 57.0 Å². The van der Waals surface area contributed by atoms with Crippen molar-refractivity contribution in [1.29, 1.82) is 0 Å². The number of halogens is 1. The molecule has 8 nitrogen and oxygen atoms in total. The van der Waals surface area contributed by atoms with Gasteiger partial charge in [0.25, 0.3) is 0 Å². The van der Waals surface area contributed by atoms with Crippen molar-refractivity contribution in [3.05, 3.63) is 53.2 Å². The van der Waals surface area contributed by atoms with Gasteiger partial charge in [-0.3, -0.25) is 4.79 Å². The molecule has 3 N–H and O–H groups in total. The van der Waals surface area contributed by atoms with Crippen molar-refractivity contribution < 1.29 is 32.9 Å². The zero-order valence-electron chi connectivity index (χ0n) is 18.9. The van der Waals surface area contributed by atoms with Crippen LogP contribution >= 0.6 is 0 Å². The van der Waals surface area contributed by atoms with Crippen LogP contribution in [0.3, 0.4) is 0 Å². The average Bonchev–Trinajstić information content (AvgIpc) is 2.70. The molecule has 0 amide bonds. The molecule has 3 atom stereocenters. The fourth-order valence-electron chi connectivity index (χ4n) is 3.16. The number of benzene rings is 1. The van der Waals surface area contributed by atoms with Gasteiger partial charge in [-0.25, -0.2) is 22.8 Å². The standard InChI is InChI=1S/C23H29FN2O6S/c1-13(2)21-19(10-9-17(27)11-18(28)12-20(29)30)22(15-5-7-16(24)8-6-15)26-23(25-21)14(3)33(4,31)32/h5-10,13-14,17-18,27-28H,11-12H2,1-4H3,(H,29,30)/b10-9+/t14?,17-,18-/m1/s1. The van der Waals surface area contributed by atoms with Crippen molar-refractivity contribution in [3.8, 4) is 11.3 Å². The van der Waals surface area contributed by atoms with Crippen LogP contribution in [0.1, 0.15) is 61.9 Å². The van der Waals surface area contributed by atoms with E-state index in [2.05, 4.69) is 9.97 Å². The van der Waals surface area contributed by atoms with Gasteiger partial charge in [-0.05, 0) is 37.1 Å². The summed E-state index contributed by atoms with van der Waals surface area (Å²) < 4.78 is 37.8. The monoisotopic (exact) mass is 480 g/mol. The van der Waals surface area contributed by atoms with Crippen LogP contribution < -0.4 is 0 Å². The SMILES string of the molecule is CC(C)c1nc(C(C)S(C)(=O)=O)nc(-c2ccc(F)cc2)c1/C=C/[C@@H](O)C[C@@H](O)CC(=O)O. The molecule has 0 bridgehead atoms. The topological polar surface area (TPSA) is 138 Å². The van der Waals surface area contributed by atoms with Gasteiger partial charge < -0.3 is 15.3 Å². The summed E-state index contributed by atoms with van der Waals surface area (Å²) in [4.78, 5) is 19.7. The number of aliphatic carboxylic acids is 1. The van der Waals surface area contributed by atoms with E-state index in [9.17, 15) is 27.8 Å². The number of aliphatic hydroxyl groups excluding tert-OH is 2. The lowest BCUT2D eigenvalue weighted by Crippen LogP contribution is -2.19. The molecule has 0 saturated heterocycles. The van der Waals surface area contributed by atoms with Crippen LogP contribution in [-0.4, -0.2) is 58.1 Å². The van der Waals surface area contributed by atoms with E-state index >= 15 is 0 Å². The smallest absolute Gasteiger partial charge is 0.305 e. The summed E-state index contributed by atoms with van der Waals surface area (Å²) in [6.07, 6.45) is 0.997. The molecule has 1 unspecified atom stereocenters. The number of hydrogen-bond donors (Lipinski definition) is 3. The van der Waals surface area contributed by atoms with Crippen molar-refractivity contribution >= 4 is 21.9 Å². The molecule has 0 fully saturated rings. The minimum atomic E-state index is -3.48. The van der Waals surface area contributed by atoms with E-state index in [1.807, 2.05) is 13.8 Å². The molecule has 2 aromatic rings. The molecule has 1 aromatic heterocycles. The summed E-state index contributed by atoms with van der Waals surface area (Å²) in [5.41, 5.74) is 1.94. The molecule has 10 heteroatoms. The van der Waals surface area contributed by atoms with Crippen molar-refractivity contribution in [2.24, 2.45) is 0 Å². The number of rotatable bonds is 10. The van der Waals surface area contributed by atoms with Crippen molar-refractivity contribution in [2.75, 3.05) is 6.26 Å². The molecular weight excluding hydrogens is 451 g/mol. The van der Waals surface area contributed by atoms with E-state index in [0.717, 1.165) is 6.26 Å². The Labute approximate surface area is 192 Å². The minimum absolute atomic E-state index is 0.107. The summed E-state index contributed by atoms with van der Waals surface area (Å²) in [6.45, 7) is 5.23. The van der Waals surface area contributed by atoms with Crippen molar-refractivity contribution in [1.82, 2.24) is 9.97 Å². The fourth-order valence-corrected chi connectivity index (χ4v) is 3.65. The van der Waals surface area contributed by atoms with Gasteiger partial charge in [0.2, 0.25) is 0 Å². The second-order valence-electron chi connectivity index (χ2n) is 8.28. The molecule has 0 aliphatic heterocycles. The van der Waals surface area contributed by atoms with E-state index in [0.29, 0.717) is 22.5 Å². The summed E-state index contributed by atoms with van der Waals surface area (Å²) >= 11 is 0. The first-order chi connectivity index (χ1) is 15.3. The summed E-state index contributed by atoms with van der Waals surface area (Å²) in [5, 5.41) is 27.8. The molecule has 0 spiro atoms. The quantitative estimate of drug-likeness (QED) is 0.472. The van der Waals surface area contributed by atoms with Gasteiger partial charge in [-0.1, -0.05) is 26.0 Å². The number of carboxylic acids is 1. The Bertz CT molecular complexity index is 1120. The molecule has 1 heterocycles. The molecule has 2 rings (SSSR count). The second kappa shape index (κ2) is 11.0. The lowest BCUT2D eigenvalue weighted by molar-refractivity contribution is -0.139. The lowest BCUT2D eigenvalue weighted by Gasteiger charge is -2.18. The number of aliphatic hydroxyl groups is 2. The Kier molecular flexibility index (Phi) is 8.82. The maximum atomic E-state index is 13.5. The Hall–Kier alpha value is -2.69. The van der Waals surface area contributed by atoms with E-state index in [4.69, 9.17) is 5.11 Å². The van der Waals surface area contributed by atoms with Gasteiger partial charge in [0.1, 0.15) is 16.9 Å². The predicted octanol–water partition coefficient (Wildman–Crippen LogP) is 3.11. The third-order valence-corrected chi connectivity index (χ3v) is 6.57. The fraction of sp³-hybridized carbons (Fsp3) is 0.435. The lowest BCUT2D eigenvalue weighted by atomic mass is 9.97. The summed E-state index contributed by atoms with van der Waals surface area (Å²) in [5.74, 6) is -1.66. The normalized spacial score (nSPS) is 15.0. The van der Waals surface area contributed by atoms with Crippen LogP contribution in [0, 0.1) is 5.82 Å². The molecule has 0 aliphatic rings. The third kappa shape index (κ3) is 7.41. The van der Waals surface area contributed by atoms with Crippen LogP contribution in [0.4, 0.5) is 4.39 Å². The maximum absolute atomic E-state index is 13.5. The van der Waals surface area contributed by atoms with Gasteiger partial charge in [0.15, 0.2) is 9.84 Å². The highest BCUT2D eigenvalue weighted by molar-refractivity contribution is 7.90. The number of hydrogen-bond acceptors (Lipinski definition) is 7. The largest absolute Gasteiger partial charge is 0.481 e. The third-order valence-electron chi connectivity index (χ3n) is 5.07. The Balaban J connectivity index is 2.61. The number of nitrogens with zero attached hydrogens (tertiary/aromatic N) is 2. The van der Waals surface area contributed by atoms with Crippen LogP contribution in [0.5, 0.6) is 0 Å². The van der Waals surface area contributed by atoms with Crippen LogP contribution in [-0.2, 0) is 14.6 Å². The molecule has 33 heavy (non-hydrogen) atoms. The van der Waals surface area contributed by atoms with Gasteiger partial charge in [0, 0.05) is 23.8 Å². The minimum Gasteiger partial charge on any atom is -0.481 e. The van der Waals surface area contributed by atoms with Crippen molar-refractivity contribution in [3.63, 3.8) is 0 Å². The zero-order chi connectivity index (χ0) is 24.9. The average molecular weight is 481 g/mol. The summed E-state index contributed by atoms with van der Waals surface area (Å²) in [6, 6.07) is 5.55. The molecule has 180 valence electrons. The van der Waals surface area contributed by atoms with E-state index in [1.54, 1.807) is 6.08 Å². The first-order valence-corrected chi connectivity index (χ1v) is 12.4. The number of sulfone groups is 1. The first kappa shape index (κ1) is 26.6. The number of carboxylic acid groups (broad SMARTS) is 1. The molecule has 0 saturated carbocycles. The van der Waals surface area contributed by atoms with Gasteiger partial charge in [0.05, 0.1) is 30.0 Å². The highest BCUT2D eigenvalue weighted by atomic mass is 32.2. The highest BCUT2D eigenvalue weighted by Crippen LogP contribution is 2.32. The van der Waals surface area contributed by atoms with Gasteiger partial charge in [-0.15, -0.1) is 0 Å². The number of aromatic nitrogens is 2. The Morgan fingerprint density at radius 2 is 1.73 bits per heavy atom. The van der Waals surface area contributed by atoms with Gasteiger partial charge >= 0.3 is 5.97 Å². The van der Waals surface area contributed by atoms with E-state index in [1.165, 1.54) is 37.3 Å². The molecular formula is C23H29FN2O6S. The predicted molar refractivity (Wildman–Crippen MR) is 123 cm³/mol. The number of carbonyl (C=O) groups is 1. The van der Waals surface area contributed by atoms with E-state index < -0.39 is 45.5 Å². The second-order valence-corrected chi connectivity index (χ2v) is 10.6. The molecule has 1 aromatic carbocycles. The first-order valence-electron chi connectivity index (χ1n) is 10.4. The van der Waals surface area contributed by atoms with Gasteiger partial charge in [-0.2, -0.15) is 0 Å². The molecule has 0 radical (unpaired) electrons. The Morgan fingerprint density at radius 3 is 2.24 bits per heavy atom.